The number of fused-ring (bicyclic) bond motifs is 3. The van der Waals surface area contributed by atoms with Crippen molar-refractivity contribution in [2.45, 2.75) is 26.2 Å². The molecule has 0 aliphatic heterocycles. The van der Waals surface area contributed by atoms with Gasteiger partial charge in [-0.25, -0.2) is 0 Å². The average Bonchev–Trinajstić information content (AvgIpc) is 2.65. The number of aromatic amines is 2. The molecule has 3 heteroatoms. The molecule has 0 spiro atoms. The number of nitrogens with one attached hydrogen (secondary N) is 2. The van der Waals surface area contributed by atoms with Crippen molar-refractivity contribution in [3.8, 4) is 0 Å². The average molecular weight is 240 g/mol. The Morgan fingerprint density at radius 2 is 1.72 bits per heavy atom. The van der Waals surface area contributed by atoms with E-state index in [-0.39, 0.29) is 11.0 Å². The molecule has 0 bridgehead atoms. The molecule has 0 saturated carbocycles. The highest BCUT2D eigenvalue weighted by atomic mass is 16.1. The highest BCUT2D eigenvalue weighted by Gasteiger charge is 2.20. The predicted octanol–water partition coefficient (Wildman–Crippen LogP) is 3.31. The number of benzene rings is 1. The van der Waals surface area contributed by atoms with Crippen LogP contribution in [0.5, 0.6) is 0 Å². The molecule has 0 fully saturated rings. The smallest absolute Gasteiger partial charge is 0.248 e. The number of hydrogen-bond acceptors (Lipinski definition) is 1. The van der Waals surface area contributed by atoms with E-state index in [0.29, 0.717) is 0 Å². The Morgan fingerprint density at radius 3 is 2.44 bits per heavy atom. The zero-order valence-corrected chi connectivity index (χ0v) is 10.8. The molecule has 3 aromatic rings. The van der Waals surface area contributed by atoms with Crippen molar-refractivity contribution in [3.63, 3.8) is 0 Å². The second-order valence-electron chi connectivity index (χ2n) is 5.72. The number of para-hydroxylation sites is 1. The van der Waals surface area contributed by atoms with Crippen molar-refractivity contribution in [3.05, 3.63) is 46.4 Å². The molecule has 0 saturated heterocycles. The van der Waals surface area contributed by atoms with Gasteiger partial charge in [-0.15, -0.1) is 0 Å². The van der Waals surface area contributed by atoms with Gasteiger partial charge >= 0.3 is 0 Å². The molecule has 0 aliphatic rings. The van der Waals surface area contributed by atoms with Crippen molar-refractivity contribution in [2.75, 3.05) is 0 Å². The van der Waals surface area contributed by atoms with Crippen LogP contribution >= 0.6 is 0 Å². The van der Waals surface area contributed by atoms with Crippen LogP contribution in [0, 0.1) is 0 Å². The Morgan fingerprint density at radius 1 is 1.00 bits per heavy atom. The summed E-state index contributed by atoms with van der Waals surface area (Å²) in [5.74, 6) is 0. The van der Waals surface area contributed by atoms with E-state index < -0.39 is 0 Å². The molecular formula is C15H16N2O. The summed E-state index contributed by atoms with van der Waals surface area (Å²) < 4.78 is 0. The lowest BCUT2D eigenvalue weighted by molar-refractivity contribution is 0.572. The normalized spacial score (nSPS) is 12.4. The first kappa shape index (κ1) is 11.1. The molecule has 2 aromatic heterocycles. The van der Waals surface area contributed by atoms with E-state index in [2.05, 4.69) is 30.7 Å². The van der Waals surface area contributed by atoms with Gasteiger partial charge in [0, 0.05) is 33.5 Å². The van der Waals surface area contributed by atoms with Gasteiger partial charge in [0.1, 0.15) is 0 Å². The van der Waals surface area contributed by atoms with Crippen molar-refractivity contribution in [1.29, 1.82) is 0 Å². The number of hydrogen-bond donors (Lipinski definition) is 2. The van der Waals surface area contributed by atoms with E-state index in [1.807, 2.05) is 24.3 Å². The molecule has 92 valence electrons. The summed E-state index contributed by atoms with van der Waals surface area (Å²) >= 11 is 0. The first-order valence-electron chi connectivity index (χ1n) is 6.11. The van der Waals surface area contributed by atoms with Gasteiger partial charge in [0.2, 0.25) is 5.56 Å². The lowest BCUT2D eigenvalue weighted by Crippen LogP contribution is -2.19. The third-order valence-electron chi connectivity index (χ3n) is 3.27. The van der Waals surface area contributed by atoms with E-state index >= 15 is 0 Å². The SMILES string of the molecule is CC(C)(C)c1[nH]c(=O)cc2c1[nH]c1ccccc12. The Bertz CT molecular complexity index is 787. The van der Waals surface area contributed by atoms with Gasteiger partial charge in [0.15, 0.2) is 0 Å². The molecule has 2 heterocycles. The van der Waals surface area contributed by atoms with E-state index in [4.69, 9.17) is 0 Å². The summed E-state index contributed by atoms with van der Waals surface area (Å²) in [7, 11) is 0. The van der Waals surface area contributed by atoms with Crippen LogP contribution in [0.25, 0.3) is 21.8 Å². The van der Waals surface area contributed by atoms with Crippen LogP contribution in [0.1, 0.15) is 26.5 Å². The first-order valence-corrected chi connectivity index (χ1v) is 6.11. The number of H-pyrrole nitrogens is 2. The molecule has 18 heavy (non-hydrogen) atoms. The molecule has 0 amide bonds. The maximum absolute atomic E-state index is 11.8. The zero-order valence-electron chi connectivity index (χ0n) is 10.8. The summed E-state index contributed by atoms with van der Waals surface area (Å²) in [4.78, 5) is 18.2. The topological polar surface area (TPSA) is 48.6 Å². The molecule has 0 atom stereocenters. The summed E-state index contributed by atoms with van der Waals surface area (Å²) in [5, 5.41) is 2.10. The van der Waals surface area contributed by atoms with Crippen molar-refractivity contribution in [1.82, 2.24) is 9.97 Å². The van der Waals surface area contributed by atoms with Crippen molar-refractivity contribution < 1.29 is 0 Å². The maximum Gasteiger partial charge on any atom is 0.248 e. The lowest BCUT2D eigenvalue weighted by Gasteiger charge is -2.19. The second kappa shape index (κ2) is 3.48. The van der Waals surface area contributed by atoms with Gasteiger partial charge in [-0.1, -0.05) is 39.0 Å². The fraction of sp³-hybridized carbons (Fsp3) is 0.267. The summed E-state index contributed by atoms with van der Waals surface area (Å²) in [5.41, 5.74) is 2.91. The molecule has 2 N–H and O–H groups in total. The number of pyridine rings is 1. The third kappa shape index (κ3) is 1.55. The molecule has 3 rings (SSSR count). The van der Waals surface area contributed by atoms with Gasteiger partial charge in [-0.2, -0.15) is 0 Å². The fourth-order valence-electron chi connectivity index (χ4n) is 2.43. The van der Waals surface area contributed by atoms with Gasteiger partial charge in [0.25, 0.3) is 0 Å². The minimum atomic E-state index is -0.0977. The monoisotopic (exact) mass is 240 g/mol. The van der Waals surface area contributed by atoms with Gasteiger partial charge in [0.05, 0.1) is 5.52 Å². The molecule has 3 nitrogen and oxygen atoms in total. The minimum absolute atomic E-state index is 0.0443. The Kier molecular flexibility index (Phi) is 2.14. The van der Waals surface area contributed by atoms with E-state index in [1.165, 1.54) is 0 Å². The Labute approximate surface area is 105 Å². The predicted molar refractivity (Wildman–Crippen MR) is 75.1 cm³/mol. The fourth-order valence-corrected chi connectivity index (χ4v) is 2.43. The Hall–Kier alpha value is -2.03. The zero-order chi connectivity index (χ0) is 12.9. The van der Waals surface area contributed by atoms with Crippen LogP contribution in [0.15, 0.2) is 35.1 Å². The summed E-state index contributed by atoms with van der Waals surface area (Å²) in [6, 6.07) is 9.74. The van der Waals surface area contributed by atoms with Crippen LogP contribution < -0.4 is 5.56 Å². The second-order valence-corrected chi connectivity index (χ2v) is 5.72. The van der Waals surface area contributed by atoms with E-state index in [0.717, 1.165) is 27.5 Å². The molecule has 0 radical (unpaired) electrons. The summed E-state index contributed by atoms with van der Waals surface area (Å²) in [6.07, 6.45) is 0. The van der Waals surface area contributed by atoms with Gasteiger partial charge < -0.3 is 9.97 Å². The largest absolute Gasteiger partial charge is 0.353 e. The standard InChI is InChI=1S/C15H16N2O/c1-15(2,3)14-13-10(8-12(18)17-14)9-6-4-5-7-11(9)16-13/h4-8,16H,1-3H3,(H,17,18). The van der Waals surface area contributed by atoms with Crippen LogP contribution in [-0.2, 0) is 5.41 Å². The minimum Gasteiger partial charge on any atom is -0.353 e. The van der Waals surface area contributed by atoms with Crippen LogP contribution in [-0.4, -0.2) is 9.97 Å². The van der Waals surface area contributed by atoms with Gasteiger partial charge in [-0.05, 0) is 6.07 Å². The molecule has 0 unspecified atom stereocenters. The van der Waals surface area contributed by atoms with Crippen molar-refractivity contribution in [2.24, 2.45) is 0 Å². The summed E-state index contributed by atoms with van der Waals surface area (Å²) in [6.45, 7) is 6.30. The number of aromatic nitrogens is 2. The highest BCUT2D eigenvalue weighted by Crippen LogP contribution is 2.30. The first-order chi connectivity index (χ1) is 8.47. The van der Waals surface area contributed by atoms with Crippen LogP contribution in [0.3, 0.4) is 0 Å². The molecule has 0 aliphatic carbocycles. The lowest BCUT2D eigenvalue weighted by atomic mass is 9.90. The Balaban J connectivity index is 2.55. The van der Waals surface area contributed by atoms with E-state index in [1.54, 1.807) is 6.07 Å². The molecular weight excluding hydrogens is 224 g/mol. The number of rotatable bonds is 0. The highest BCUT2D eigenvalue weighted by molar-refractivity contribution is 6.07. The van der Waals surface area contributed by atoms with Gasteiger partial charge in [-0.3, -0.25) is 4.79 Å². The third-order valence-corrected chi connectivity index (χ3v) is 3.27. The van der Waals surface area contributed by atoms with Crippen molar-refractivity contribution >= 4 is 21.8 Å². The van der Waals surface area contributed by atoms with E-state index in [9.17, 15) is 4.79 Å². The molecule has 1 aromatic carbocycles. The quantitative estimate of drug-likeness (QED) is 0.622. The van der Waals surface area contributed by atoms with Crippen LogP contribution in [0.4, 0.5) is 0 Å². The van der Waals surface area contributed by atoms with Crippen LogP contribution in [0.2, 0.25) is 0 Å². The maximum atomic E-state index is 11.8.